The smallest absolute Gasteiger partial charge is 0.179 e. The molecule has 130 valence electrons. The number of nitrogens with one attached hydrogen (secondary N) is 1. The van der Waals surface area contributed by atoms with Crippen molar-refractivity contribution in [2.24, 2.45) is 0 Å². The van der Waals surface area contributed by atoms with Crippen molar-refractivity contribution in [3.05, 3.63) is 65.4 Å². The van der Waals surface area contributed by atoms with E-state index in [1.54, 1.807) is 6.07 Å². The van der Waals surface area contributed by atoms with Crippen LogP contribution in [0.3, 0.4) is 0 Å². The summed E-state index contributed by atoms with van der Waals surface area (Å²) in [4.78, 5) is 18.4. The number of aromatic amines is 1. The van der Waals surface area contributed by atoms with Gasteiger partial charge in [-0.1, -0.05) is 43.3 Å². The quantitative estimate of drug-likeness (QED) is 0.633. The van der Waals surface area contributed by atoms with Gasteiger partial charge in [0.2, 0.25) is 0 Å². The molecule has 4 nitrogen and oxygen atoms in total. The molecule has 4 heteroatoms. The Morgan fingerprint density at radius 2 is 1.84 bits per heavy atom. The summed E-state index contributed by atoms with van der Waals surface area (Å²) in [7, 11) is 0. The monoisotopic (exact) mass is 336 g/mol. The molecule has 2 aromatic carbocycles. The Kier molecular flexibility index (Phi) is 5.19. The van der Waals surface area contributed by atoms with Gasteiger partial charge >= 0.3 is 0 Å². The lowest BCUT2D eigenvalue weighted by Gasteiger charge is -2.21. The third-order valence-corrected chi connectivity index (χ3v) is 4.47. The van der Waals surface area contributed by atoms with Crippen LogP contribution in [-0.2, 0) is 6.54 Å². The van der Waals surface area contributed by atoms with Crippen LogP contribution in [0.25, 0.3) is 10.9 Å². The van der Waals surface area contributed by atoms with Crippen LogP contribution in [0.15, 0.2) is 48.5 Å². The number of nitrogens with zero attached hydrogens (tertiary/aromatic N) is 1. The first-order chi connectivity index (χ1) is 12.1. The average molecular weight is 336 g/mol. The number of fused-ring (bicyclic) bond motifs is 1. The number of rotatable bonds is 7. The number of hydrogen-bond donors (Lipinski definition) is 2. The van der Waals surface area contributed by atoms with Gasteiger partial charge in [-0.15, -0.1) is 0 Å². The summed E-state index contributed by atoms with van der Waals surface area (Å²) in [5, 5.41) is 11.0. The SMILES string of the molecule is CCCN(CC(=O)c1c(C)[nH]c2ccccc12)Cc1ccccc1O. The maximum atomic E-state index is 13.0. The number of Topliss-reactive ketones (excluding diaryl/α,β-unsaturated/α-hetero) is 1. The number of aromatic hydroxyl groups is 1. The lowest BCUT2D eigenvalue weighted by atomic mass is 10.1. The average Bonchev–Trinajstić information content (AvgIpc) is 2.93. The summed E-state index contributed by atoms with van der Waals surface area (Å²) in [5.74, 6) is 0.387. The second-order valence-electron chi connectivity index (χ2n) is 6.43. The van der Waals surface area contributed by atoms with E-state index >= 15 is 0 Å². The number of ketones is 1. The number of phenols is 1. The zero-order valence-corrected chi connectivity index (χ0v) is 14.7. The molecule has 0 bridgehead atoms. The maximum absolute atomic E-state index is 13.0. The minimum atomic E-state index is 0.110. The van der Waals surface area contributed by atoms with Crippen molar-refractivity contribution in [1.82, 2.24) is 9.88 Å². The zero-order valence-electron chi connectivity index (χ0n) is 14.7. The van der Waals surface area contributed by atoms with Crippen LogP contribution >= 0.6 is 0 Å². The highest BCUT2D eigenvalue weighted by Crippen LogP contribution is 2.23. The van der Waals surface area contributed by atoms with Crippen molar-refractivity contribution in [3.8, 4) is 5.75 Å². The van der Waals surface area contributed by atoms with Crippen molar-refractivity contribution in [1.29, 1.82) is 0 Å². The van der Waals surface area contributed by atoms with Crippen LogP contribution < -0.4 is 0 Å². The highest BCUT2D eigenvalue weighted by molar-refractivity contribution is 6.10. The Balaban J connectivity index is 1.83. The summed E-state index contributed by atoms with van der Waals surface area (Å²) in [6.45, 7) is 5.75. The van der Waals surface area contributed by atoms with Gasteiger partial charge in [-0.3, -0.25) is 9.69 Å². The second-order valence-corrected chi connectivity index (χ2v) is 6.43. The van der Waals surface area contributed by atoms with E-state index in [1.165, 1.54) is 0 Å². The molecule has 0 spiro atoms. The van der Waals surface area contributed by atoms with Gasteiger partial charge in [0.05, 0.1) is 6.54 Å². The maximum Gasteiger partial charge on any atom is 0.179 e. The first-order valence-corrected chi connectivity index (χ1v) is 8.70. The van der Waals surface area contributed by atoms with Gasteiger partial charge in [0.25, 0.3) is 0 Å². The molecule has 25 heavy (non-hydrogen) atoms. The topological polar surface area (TPSA) is 56.3 Å². The molecule has 0 unspecified atom stereocenters. The third-order valence-electron chi connectivity index (χ3n) is 4.47. The largest absolute Gasteiger partial charge is 0.508 e. The first-order valence-electron chi connectivity index (χ1n) is 8.70. The number of hydrogen-bond acceptors (Lipinski definition) is 3. The number of phenolic OH excluding ortho intramolecular Hbond substituents is 1. The fourth-order valence-corrected chi connectivity index (χ4v) is 3.33. The van der Waals surface area contributed by atoms with E-state index in [1.807, 2.05) is 49.4 Å². The number of H-pyrrole nitrogens is 1. The Hall–Kier alpha value is -2.59. The molecule has 0 saturated carbocycles. The lowest BCUT2D eigenvalue weighted by molar-refractivity contribution is 0.0926. The molecule has 0 saturated heterocycles. The Morgan fingerprint density at radius 3 is 2.60 bits per heavy atom. The molecular formula is C21H24N2O2. The molecule has 0 amide bonds. The predicted octanol–water partition coefficient (Wildman–Crippen LogP) is 4.28. The van der Waals surface area contributed by atoms with Crippen molar-refractivity contribution in [2.75, 3.05) is 13.1 Å². The number of aromatic nitrogens is 1. The van der Waals surface area contributed by atoms with Gasteiger partial charge < -0.3 is 10.1 Å². The van der Waals surface area contributed by atoms with Crippen LogP contribution in [0.1, 0.15) is 35.0 Å². The highest BCUT2D eigenvalue weighted by Gasteiger charge is 2.19. The minimum absolute atomic E-state index is 0.110. The van der Waals surface area contributed by atoms with E-state index in [0.717, 1.165) is 40.7 Å². The zero-order chi connectivity index (χ0) is 17.8. The van der Waals surface area contributed by atoms with Crippen LogP contribution in [0.4, 0.5) is 0 Å². The second kappa shape index (κ2) is 7.53. The van der Waals surface area contributed by atoms with Gasteiger partial charge in [0, 0.05) is 34.3 Å². The Bertz CT molecular complexity index is 882. The highest BCUT2D eigenvalue weighted by atomic mass is 16.3. The number of aryl methyl sites for hydroxylation is 1. The van der Waals surface area contributed by atoms with Crippen LogP contribution in [0, 0.1) is 6.92 Å². The van der Waals surface area contributed by atoms with Gasteiger partial charge in [0.15, 0.2) is 5.78 Å². The minimum Gasteiger partial charge on any atom is -0.508 e. The molecule has 3 rings (SSSR count). The Labute approximate surface area is 148 Å². The molecule has 3 aromatic rings. The lowest BCUT2D eigenvalue weighted by Crippen LogP contribution is -2.30. The van der Waals surface area contributed by atoms with Gasteiger partial charge in [0.1, 0.15) is 5.75 Å². The van der Waals surface area contributed by atoms with Crippen molar-refractivity contribution >= 4 is 16.7 Å². The number of carbonyl (C=O) groups excluding carboxylic acids is 1. The van der Waals surface area contributed by atoms with E-state index < -0.39 is 0 Å². The molecular weight excluding hydrogens is 312 g/mol. The van der Waals surface area contributed by atoms with E-state index in [2.05, 4.69) is 16.8 Å². The molecule has 0 aliphatic heterocycles. The van der Waals surface area contributed by atoms with E-state index in [9.17, 15) is 9.90 Å². The van der Waals surface area contributed by atoms with Crippen LogP contribution in [-0.4, -0.2) is 33.9 Å². The normalized spacial score (nSPS) is 11.3. The van der Waals surface area contributed by atoms with Crippen molar-refractivity contribution in [3.63, 3.8) is 0 Å². The fraction of sp³-hybridized carbons (Fsp3) is 0.286. The molecule has 1 aromatic heterocycles. The Morgan fingerprint density at radius 1 is 1.12 bits per heavy atom. The number of benzene rings is 2. The summed E-state index contributed by atoms with van der Waals surface area (Å²) < 4.78 is 0. The number of para-hydroxylation sites is 2. The van der Waals surface area contributed by atoms with Crippen molar-refractivity contribution < 1.29 is 9.90 Å². The summed E-state index contributed by atoms with van der Waals surface area (Å²) in [6.07, 6.45) is 0.952. The fourth-order valence-electron chi connectivity index (χ4n) is 3.33. The van der Waals surface area contributed by atoms with Crippen LogP contribution in [0.5, 0.6) is 5.75 Å². The first kappa shape index (κ1) is 17.2. The molecule has 0 aliphatic carbocycles. The molecule has 0 aliphatic rings. The van der Waals surface area contributed by atoms with Gasteiger partial charge in [-0.2, -0.15) is 0 Å². The molecule has 0 atom stereocenters. The van der Waals surface area contributed by atoms with E-state index in [0.29, 0.717) is 13.1 Å². The standard InChI is InChI=1S/C21H24N2O2/c1-3-12-23(13-16-8-4-7-11-19(16)24)14-20(25)21-15(2)22-18-10-6-5-9-17(18)21/h4-11,22,24H,3,12-14H2,1-2H3. The van der Waals surface area contributed by atoms with Gasteiger partial charge in [-0.25, -0.2) is 0 Å². The van der Waals surface area contributed by atoms with E-state index in [4.69, 9.17) is 0 Å². The molecule has 0 fully saturated rings. The summed E-state index contributed by atoms with van der Waals surface area (Å²) >= 11 is 0. The van der Waals surface area contributed by atoms with Crippen molar-refractivity contribution in [2.45, 2.75) is 26.8 Å². The molecule has 2 N–H and O–H groups in total. The van der Waals surface area contributed by atoms with Gasteiger partial charge in [-0.05, 0) is 32.0 Å². The van der Waals surface area contributed by atoms with Crippen LogP contribution in [0.2, 0.25) is 0 Å². The number of carbonyl (C=O) groups is 1. The molecule has 0 radical (unpaired) electrons. The van der Waals surface area contributed by atoms with E-state index in [-0.39, 0.29) is 11.5 Å². The molecule has 1 heterocycles. The summed E-state index contributed by atoms with van der Waals surface area (Å²) in [5.41, 5.74) is 3.52. The predicted molar refractivity (Wildman–Crippen MR) is 101 cm³/mol. The third kappa shape index (κ3) is 3.74. The summed E-state index contributed by atoms with van der Waals surface area (Å²) in [6, 6.07) is 15.2.